The SMILES string of the molecule is NCc1ccc([C@@H]2O[C@H](CSc3nc(-c4ccccc4)c(-c4ccccc4)o3)[C@@H](c3ccccc3)[C@H](c3ccc(CO)cc3)O2)cc1. The summed E-state index contributed by atoms with van der Waals surface area (Å²) in [5.41, 5.74) is 13.6. The molecular formula is C40H36N2O4S. The van der Waals surface area contributed by atoms with E-state index in [-0.39, 0.29) is 24.7 Å². The molecule has 0 bridgehead atoms. The Bertz CT molecular complexity index is 1810. The minimum absolute atomic E-state index is 0.0154. The Kier molecular flexibility index (Phi) is 9.60. The van der Waals surface area contributed by atoms with Crippen LogP contribution in [0.3, 0.4) is 0 Å². The molecule has 0 spiro atoms. The van der Waals surface area contributed by atoms with Gasteiger partial charge >= 0.3 is 0 Å². The van der Waals surface area contributed by atoms with Crippen molar-refractivity contribution in [2.45, 2.75) is 42.8 Å². The third kappa shape index (κ3) is 6.95. The number of hydrogen-bond acceptors (Lipinski definition) is 7. The van der Waals surface area contributed by atoms with Crippen LogP contribution >= 0.6 is 11.8 Å². The van der Waals surface area contributed by atoms with E-state index < -0.39 is 6.29 Å². The number of hydrogen-bond donors (Lipinski definition) is 2. The summed E-state index contributed by atoms with van der Waals surface area (Å²) in [7, 11) is 0. The minimum atomic E-state index is -0.598. The highest BCUT2D eigenvalue weighted by Crippen LogP contribution is 2.48. The molecule has 4 atom stereocenters. The van der Waals surface area contributed by atoms with Crippen molar-refractivity contribution in [2.75, 3.05) is 5.75 Å². The van der Waals surface area contributed by atoms with E-state index in [1.165, 1.54) is 0 Å². The summed E-state index contributed by atoms with van der Waals surface area (Å²) >= 11 is 1.55. The lowest BCUT2D eigenvalue weighted by atomic mass is 9.84. The van der Waals surface area contributed by atoms with Gasteiger partial charge in [-0.1, -0.05) is 151 Å². The number of rotatable bonds is 10. The summed E-state index contributed by atoms with van der Waals surface area (Å²) in [6.45, 7) is 0.451. The zero-order chi connectivity index (χ0) is 32.0. The molecule has 1 aromatic heterocycles. The second kappa shape index (κ2) is 14.5. The Labute approximate surface area is 279 Å². The predicted molar refractivity (Wildman–Crippen MR) is 185 cm³/mol. The smallest absolute Gasteiger partial charge is 0.256 e. The topological polar surface area (TPSA) is 90.7 Å². The van der Waals surface area contributed by atoms with Crippen molar-refractivity contribution in [3.05, 3.63) is 167 Å². The summed E-state index contributed by atoms with van der Waals surface area (Å²) in [5.74, 6) is 1.20. The van der Waals surface area contributed by atoms with Crippen molar-refractivity contribution in [1.82, 2.24) is 4.98 Å². The van der Waals surface area contributed by atoms with Crippen LogP contribution in [0.15, 0.2) is 149 Å². The fraction of sp³-hybridized carbons (Fsp3) is 0.175. The molecule has 0 saturated carbocycles. The van der Waals surface area contributed by atoms with Gasteiger partial charge < -0.3 is 24.7 Å². The summed E-state index contributed by atoms with van der Waals surface area (Å²) in [6.07, 6.45) is -1.17. The molecule has 0 unspecified atom stereocenters. The maximum Gasteiger partial charge on any atom is 0.256 e. The van der Waals surface area contributed by atoms with Gasteiger partial charge in [0.15, 0.2) is 12.1 Å². The third-order valence-electron chi connectivity index (χ3n) is 8.52. The fourth-order valence-electron chi connectivity index (χ4n) is 6.06. The van der Waals surface area contributed by atoms with E-state index in [1.807, 2.05) is 103 Å². The maximum atomic E-state index is 9.71. The maximum absolute atomic E-state index is 9.71. The van der Waals surface area contributed by atoms with Crippen LogP contribution < -0.4 is 5.73 Å². The first-order valence-corrected chi connectivity index (χ1v) is 16.8. The Balaban J connectivity index is 1.26. The highest BCUT2D eigenvalue weighted by Gasteiger charge is 2.42. The minimum Gasteiger partial charge on any atom is -0.431 e. The lowest BCUT2D eigenvalue weighted by Gasteiger charge is -2.43. The van der Waals surface area contributed by atoms with Gasteiger partial charge in [0.25, 0.3) is 5.22 Å². The van der Waals surface area contributed by atoms with Crippen molar-refractivity contribution in [3.63, 3.8) is 0 Å². The van der Waals surface area contributed by atoms with Crippen molar-refractivity contribution < 1.29 is 19.0 Å². The van der Waals surface area contributed by atoms with Crippen LogP contribution in [0.25, 0.3) is 22.6 Å². The van der Waals surface area contributed by atoms with Gasteiger partial charge in [0, 0.05) is 34.9 Å². The molecule has 7 heteroatoms. The molecule has 6 nitrogen and oxygen atoms in total. The van der Waals surface area contributed by atoms with E-state index in [0.717, 1.165) is 50.4 Å². The first-order valence-electron chi connectivity index (χ1n) is 15.8. The molecule has 0 amide bonds. The van der Waals surface area contributed by atoms with E-state index in [4.69, 9.17) is 24.6 Å². The van der Waals surface area contributed by atoms with Crippen molar-refractivity contribution in [3.8, 4) is 22.6 Å². The highest BCUT2D eigenvalue weighted by atomic mass is 32.2. The van der Waals surface area contributed by atoms with Crippen LogP contribution in [0.1, 0.15) is 46.1 Å². The second-order valence-electron chi connectivity index (χ2n) is 11.5. The molecule has 5 aromatic carbocycles. The molecule has 1 saturated heterocycles. The number of benzene rings is 5. The molecule has 0 aliphatic carbocycles. The van der Waals surface area contributed by atoms with Crippen LogP contribution in [-0.4, -0.2) is 21.9 Å². The number of aromatic nitrogens is 1. The number of oxazole rings is 1. The monoisotopic (exact) mass is 640 g/mol. The van der Waals surface area contributed by atoms with Gasteiger partial charge in [-0.25, -0.2) is 4.98 Å². The fourth-order valence-corrected chi connectivity index (χ4v) is 6.95. The van der Waals surface area contributed by atoms with Crippen LogP contribution in [0.5, 0.6) is 0 Å². The van der Waals surface area contributed by atoms with Gasteiger partial charge in [0.05, 0.1) is 18.8 Å². The van der Waals surface area contributed by atoms with Gasteiger partial charge in [0.1, 0.15) is 5.69 Å². The highest BCUT2D eigenvalue weighted by molar-refractivity contribution is 7.99. The Morgan fingerprint density at radius 1 is 0.638 bits per heavy atom. The molecule has 1 aliphatic heterocycles. The Hall–Kier alpha value is -4.50. The average molecular weight is 641 g/mol. The molecule has 2 heterocycles. The first-order chi connectivity index (χ1) is 23.2. The lowest BCUT2D eigenvalue weighted by Crippen LogP contribution is -2.38. The van der Waals surface area contributed by atoms with Crippen LogP contribution in [0.2, 0.25) is 0 Å². The molecular weight excluding hydrogens is 605 g/mol. The number of aliphatic hydroxyl groups excluding tert-OH is 1. The van der Waals surface area contributed by atoms with Gasteiger partial charge in [0.2, 0.25) is 0 Å². The molecule has 7 rings (SSSR count). The van der Waals surface area contributed by atoms with E-state index in [9.17, 15) is 5.11 Å². The summed E-state index contributed by atoms with van der Waals surface area (Å²) in [5, 5.41) is 10.3. The summed E-state index contributed by atoms with van der Waals surface area (Å²) in [6, 6.07) is 46.7. The number of aliphatic hydroxyl groups is 1. The van der Waals surface area contributed by atoms with E-state index in [1.54, 1.807) is 11.8 Å². The zero-order valence-electron chi connectivity index (χ0n) is 25.8. The number of nitrogens with two attached hydrogens (primary N) is 1. The summed E-state index contributed by atoms with van der Waals surface area (Å²) in [4.78, 5) is 5.01. The average Bonchev–Trinajstić information content (AvgIpc) is 3.59. The van der Waals surface area contributed by atoms with Gasteiger partial charge in [-0.15, -0.1) is 0 Å². The molecule has 1 fully saturated rings. The number of nitrogens with zero attached hydrogens (tertiary/aromatic N) is 1. The number of thioether (sulfide) groups is 1. The molecule has 236 valence electrons. The third-order valence-corrected chi connectivity index (χ3v) is 9.44. The quantitative estimate of drug-likeness (QED) is 0.145. The van der Waals surface area contributed by atoms with Gasteiger partial charge in [-0.3, -0.25) is 0 Å². The van der Waals surface area contributed by atoms with Crippen LogP contribution in [0, 0.1) is 0 Å². The second-order valence-corrected chi connectivity index (χ2v) is 12.5. The normalized spacial score (nSPS) is 19.4. The van der Waals surface area contributed by atoms with Crippen LogP contribution in [0.4, 0.5) is 0 Å². The predicted octanol–water partition coefficient (Wildman–Crippen LogP) is 8.69. The largest absolute Gasteiger partial charge is 0.431 e. The lowest BCUT2D eigenvalue weighted by molar-refractivity contribution is -0.255. The summed E-state index contributed by atoms with van der Waals surface area (Å²) < 4.78 is 20.2. The van der Waals surface area contributed by atoms with E-state index >= 15 is 0 Å². The Morgan fingerprint density at radius 2 is 1.23 bits per heavy atom. The molecule has 1 aliphatic rings. The molecule has 47 heavy (non-hydrogen) atoms. The van der Waals surface area contributed by atoms with Crippen molar-refractivity contribution >= 4 is 11.8 Å². The first kappa shape index (κ1) is 31.1. The molecule has 3 N–H and O–H groups in total. The number of ether oxygens (including phenoxy) is 2. The standard InChI is InChI=1S/C40H36N2O4S/c41-24-27-16-22-33(23-17-27)39-44-34(35(29-10-4-1-5-11-29)37(45-39)32-20-18-28(25-43)19-21-32)26-47-40-42-36(30-12-6-2-7-13-30)38(46-40)31-14-8-3-9-15-31/h1-23,34-35,37,39,43H,24-26,41H2/t34-,35-,37+,39-/m1/s1. The van der Waals surface area contributed by atoms with Gasteiger partial charge in [-0.2, -0.15) is 0 Å². The van der Waals surface area contributed by atoms with Crippen LogP contribution in [-0.2, 0) is 22.6 Å². The van der Waals surface area contributed by atoms with Crippen molar-refractivity contribution in [1.29, 1.82) is 0 Å². The van der Waals surface area contributed by atoms with Gasteiger partial charge in [-0.05, 0) is 22.3 Å². The van der Waals surface area contributed by atoms with E-state index in [0.29, 0.717) is 17.5 Å². The zero-order valence-corrected chi connectivity index (χ0v) is 26.6. The van der Waals surface area contributed by atoms with E-state index in [2.05, 4.69) is 36.4 Å². The van der Waals surface area contributed by atoms with Crippen molar-refractivity contribution in [2.24, 2.45) is 5.73 Å². The molecule has 0 radical (unpaired) electrons. The Morgan fingerprint density at radius 3 is 1.87 bits per heavy atom. The molecule has 6 aromatic rings.